The van der Waals surface area contributed by atoms with Crippen molar-refractivity contribution in [3.05, 3.63) is 36.2 Å². The lowest BCUT2D eigenvalue weighted by atomic mass is 10.1. The maximum atomic E-state index is 9.44. The summed E-state index contributed by atoms with van der Waals surface area (Å²) in [6.07, 6.45) is 6.89. The molecule has 1 aromatic carbocycles. The predicted molar refractivity (Wildman–Crippen MR) is 55.7 cm³/mol. The van der Waals surface area contributed by atoms with Crippen LogP contribution in [-0.4, -0.2) is 5.11 Å². The van der Waals surface area contributed by atoms with E-state index in [0.29, 0.717) is 5.75 Å². The van der Waals surface area contributed by atoms with Crippen LogP contribution in [0.1, 0.15) is 38.2 Å². The van der Waals surface area contributed by atoms with Crippen LogP contribution < -0.4 is 0 Å². The molecule has 0 aliphatic carbocycles. The standard InChI is InChI=1S/C12H17O/c1-2-3-4-5-8-11-9-6-7-10-12(11)13/h6-10,13H,2-5H2,1H3. The van der Waals surface area contributed by atoms with E-state index in [1.807, 2.05) is 18.2 Å². The van der Waals surface area contributed by atoms with Gasteiger partial charge in [0.15, 0.2) is 0 Å². The molecule has 0 fully saturated rings. The van der Waals surface area contributed by atoms with Gasteiger partial charge >= 0.3 is 0 Å². The molecule has 13 heavy (non-hydrogen) atoms. The fourth-order valence-corrected chi connectivity index (χ4v) is 1.31. The molecule has 0 unspecified atom stereocenters. The van der Waals surface area contributed by atoms with E-state index in [9.17, 15) is 5.11 Å². The van der Waals surface area contributed by atoms with Crippen LogP contribution >= 0.6 is 0 Å². The first-order chi connectivity index (χ1) is 6.34. The number of phenolic OH excluding ortho intramolecular Hbond substituents is 1. The molecule has 71 valence electrons. The Labute approximate surface area is 80.4 Å². The Kier molecular flexibility index (Phi) is 4.37. The van der Waals surface area contributed by atoms with E-state index in [2.05, 4.69) is 13.3 Å². The van der Waals surface area contributed by atoms with Crippen molar-refractivity contribution in [2.45, 2.75) is 32.6 Å². The molecule has 1 heteroatoms. The molecular weight excluding hydrogens is 160 g/mol. The van der Waals surface area contributed by atoms with Crippen LogP contribution in [-0.2, 0) is 0 Å². The van der Waals surface area contributed by atoms with Gasteiger partial charge in [0, 0.05) is 0 Å². The number of rotatable bonds is 5. The molecule has 0 saturated heterocycles. The van der Waals surface area contributed by atoms with Crippen molar-refractivity contribution in [1.82, 2.24) is 0 Å². The van der Waals surface area contributed by atoms with Gasteiger partial charge in [-0.05, 0) is 24.5 Å². The van der Waals surface area contributed by atoms with Crippen molar-refractivity contribution >= 4 is 0 Å². The fourth-order valence-electron chi connectivity index (χ4n) is 1.31. The largest absolute Gasteiger partial charge is 0.508 e. The molecule has 0 aliphatic rings. The summed E-state index contributed by atoms with van der Waals surface area (Å²) in [5.74, 6) is 0.388. The molecule has 1 radical (unpaired) electrons. The third-order valence-corrected chi connectivity index (χ3v) is 2.11. The zero-order chi connectivity index (χ0) is 9.52. The van der Waals surface area contributed by atoms with Gasteiger partial charge < -0.3 is 5.11 Å². The highest BCUT2D eigenvalue weighted by atomic mass is 16.3. The van der Waals surface area contributed by atoms with Crippen LogP contribution in [0, 0.1) is 6.42 Å². The smallest absolute Gasteiger partial charge is 0.119 e. The van der Waals surface area contributed by atoms with Gasteiger partial charge in [0.1, 0.15) is 5.75 Å². The highest BCUT2D eigenvalue weighted by Gasteiger charge is 1.98. The molecule has 0 aromatic heterocycles. The second-order valence-corrected chi connectivity index (χ2v) is 3.26. The minimum Gasteiger partial charge on any atom is -0.508 e. The van der Waals surface area contributed by atoms with Gasteiger partial charge in [-0.3, -0.25) is 0 Å². The molecule has 1 aromatic rings. The topological polar surface area (TPSA) is 20.2 Å². The van der Waals surface area contributed by atoms with Gasteiger partial charge in [0.2, 0.25) is 0 Å². The number of aromatic hydroxyl groups is 1. The number of para-hydroxylation sites is 1. The Balaban J connectivity index is 2.32. The van der Waals surface area contributed by atoms with Crippen molar-refractivity contribution in [3.63, 3.8) is 0 Å². The maximum absolute atomic E-state index is 9.44. The zero-order valence-electron chi connectivity index (χ0n) is 8.16. The second kappa shape index (κ2) is 5.63. The summed E-state index contributed by atoms with van der Waals surface area (Å²) >= 11 is 0. The summed E-state index contributed by atoms with van der Waals surface area (Å²) < 4.78 is 0. The second-order valence-electron chi connectivity index (χ2n) is 3.26. The lowest BCUT2D eigenvalue weighted by Gasteiger charge is -2.02. The Morgan fingerprint density at radius 1 is 1.23 bits per heavy atom. The normalized spacial score (nSPS) is 10.2. The monoisotopic (exact) mass is 177 g/mol. The highest BCUT2D eigenvalue weighted by Crippen LogP contribution is 2.19. The third kappa shape index (κ3) is 3.49. The third-order valence-electron chi connectivity index (χ3n) is 2.11. The number of benzene rings is 1. The van der Waals surface area contributed by atoms with Crippen molar-refractivity contribution in [3.8, 4) is 5.75 Å². The summed E-state index contributed by atoms with van der Waals surface area (Å²) in [6.45, 7) is 2.19. The first-order valence-electron chi connectivity index (χ1n) is 4.95. The summed E-state index contributed by atoms with van der Waals surface area (Å²) in [5.41, 5.74) is 0.957. The van der Waals surface area contributed by atoms with E-state index >= 15 is 0 Å². The van der Waals surface area contributed by atoms with E-state index in [-0.39, 0.29) is 0 Å². The van der Waals surface area contributed by atoms with Gasteiger partial charge in [0.25, 0.3) is 0 Å². The Bertz CT molecular complexity index is 243. The van der Waals surface area contributed by atoms with Crippen LogP contribution in [0.3, 0.4) is 0 Å². The first kappa shape index (κ1) is 10.1. The number of hydrogen-bond acceptors (Lipinski definition) is 1. The molecule has 0 bridgehead atoms. The summed E-state index contributed by atoms with van der Waals surface area (Å²) in [7, 11) is 0. The minimum absolute atomic E-state index is 0.388. The van der Waals surface area contributed by atoms with Gasteiger partial charge in [0.05, 0.1) is 0 Å². The molecule has 0 heterocycles. The molecular formula is C12H17O. The van der Waals surface area contributed by atoms with Crippen molar-refractivity contribution in [2.75, 3.05) is 0 Å². The lowest BCUT2D eigenvalue weighted by Crippen LogP contribution is -1.83. The lowest BCUT2D eigenvalue weighted by molar-refractivity contribution is 0.471. The van der Waals surface area contributed by atoms with Crippen LogP contribution in [0.2, 0.25) is 0 Å². The number of hydrogen-bond donors (Lipinski definition) is 1. The van der Waals surface area contributed by atoms with Gasteiger partial charge in [-0.2, -0.15) is 0 Å². The van der Waals surface area contributed by atoms with Gasteiger partial charge in [-0.15, -0.1) is 0 Å². The van der Waals surface area contributed by atoms with Crippen molar-refractivity contribution < 1.29 is 5.11 Å². The Hall–Kier alpha value is -0.980. The summed E-state index contributed by atoms with van der Waals surface area (Å²) in [6, 6.07) is 7.47. The summed E-state index contributed by atoms with van der Waals surface area (Å²) in [5, 5.41) is 9.44. The van der Waals surface area contributed by atoms with E-state index in [4.69, 9.17) is 0 Å². The first-order valence-corrected chi connectivity index (χ1v) is 4.95. The van der Waals surface area contributed by atoms with Gasteiger partial charge in [-0.25, -0.2) is 0 Å². The molecule has 0 amide bonds. The highest BCUT2D eigenvalue weighted by molar-refractivity contribution is 5.36. The van der Waals surface area contributed by atoms with Crippen LogP contribution in [0.5, 0.6) is 5.75 Å². The van der Waals surface area contributed by atoms with Gasteiger partial charge in [-0.1, -0.05) is 44.4 Å². The molecule has 0 atom stereocenters. The average Bonchev–Trinajstić information content (AvgIpc) is 2.15. The minimum atomic E-state index is 0.388. The molecule has 1 nitrogen and oxygen atoms in total. The van der Waals surface area contributed by atoms with E-state index in [0.717, 1.165) is 12.0 Å². The van der Waals surface area contributed by atoms with E-state index in [1.54, 1.807) is 6.07 Å². The van der Waals surface area contributed by atoms with E-state index in [1.165, 1.54) is 19.3 Å². The molecule has 0 saturated carbocycles. The van der Waals surface area contributed by atoms with Crippen molar-refractivity contribution in [2.24, 2.45) is 0 Å². The number of phenols is 1. The Morgan fingerprint density at radius 2 is 2.00 bits per heavy atom. The van der Waals surface area contributed by atoms with Crippen LogP contribution in [0.4, 0.5) is 0 Å². The maximum Gasteiger partial charge on any atom is 0.119 e. The summed E-state index contributed by atoms with van der Waals surface area (Å²) in [4.78, 5) is 0. The molecule has 1 rings (SSSR count). The fraction of sp³-hybridized carbons (Fsp3) is 0.417. The predicted octanol–water partition coefficient (Wildman–Crippen LogP) is 3.52. The zero-order valence-corrected chi connectivity index (χ0v) is 8.16. The SMILES string of the molecule is CCCCC[CH]c1ccccc1O. The molecule has 0 spiro atoms. The number of unbranched alkanes of at least 4 members (excludes halogenated alkanes) is 3. The average molecular weight is 177 g/mol. The quantitative estimate of drug-likeness (QED) is 0.682. The Morgan fingerprint density at radius 3 is 2.69 bits per heavy atom. The molecule has 0 aliphatic heterocycles. The van der Waals surface area contributed by atoms with Crippen molar-refractivity contribution in [1.29, 1.82) is 0 Å². The van der Waals surface area contributed by atoms with Crippen LogP contribution in [0.25, 0.3) is 0 Å². The van der Waals surface area contributed by atoms with E-state index < -0.39 is 0 Å². The molecule has 1 N–H and O–H groups in total. The van der Waals surface area contributed by atoms with Crippen LogP contribution in [0.15, 0.2) is 24.3 Å².